The molecule has 0 saturated carbocycles. The maximum atomic E-state index is 13.9. The first-order chi connectivity index (χ1) is 12.7. The Bertz CT molecular complexity index is 1110. The summed E-state index contributed by atoms with van der Waals surface area (Å²) in [6.45, 7) is 0.281. The molecule has 0 atom stereocenters. The summed E-state index contributed by atoms with van der Waals surface area (Å²) in [7, 11) is 0. The third-order valence-electron chi connectivity index (χ3n) is 4.04. The molecule has 0 aliphatic rings. The molecule has 0 aliphatic heterocycles. The second kappa shape index (κ2) is 7.17. The van der Waals surface area contributed by atoms with Gasteiger partial charge in [-0.15, -0.1) is 0 Å². The summed E-state index contributed by atoms with van der Waals surface area (Å²) >= 11 is 1.34. The highest BCUT2D eigenvalue weighted by Gasteiger charge is 2.14. The van der Waals surface area contributed by atoms with Crippen molar-refractivity contribution in [3.63, 3.8) is 0 Å². The fourth-order valence-electron chi connectivity index (χ4n) is 2.71. The highest BCUT2D eigenvalue weighted by atomic mass is 32.2. The minimum absolute atomic E-state index is 0.136. The lowest BCUT2D eigenvalue weighted by atomic mass is 10.2. The first-order valence-corrected chi connectivity index (χ1v) is 9.09. The molecule has 2 heterocycles. The summed E-state index contributed by atoms with van der Waals surface area (Å²) in [5.74, 6) is 0.785. The zero-order valence-electron chi connectivity index (χ0n) is 13.8. The molecular weight excluding hydrogens is 351 g/mol. The van der Waals surface area contributed by atoms with Crippen LogP contribution in [-0.2, 0) is 12.3 Å². The predicted octanol–water partition coefficient (Wildman–Crippen LogP) is 4.47. The Hall–Kier alpha value is -2.86. The smallest absolute Gasteiger partial charge is 0.262 e. The minimum Gasteiger partial charge on any atom is -0.467 e. The fraction of sp³-hybridized carbons (Fsp3) is 0.100. The lowest BCUT2D eigenvalue weighted by Gasteiger charge is -2.12. The molecular formula is C20H15FN2O2S. The lowest BCUT2D eigenvalue weighted by Crippen LogP contribution is -2.23. The molecule has 4 nitrogen and oxygen atoms in total. The van der Waals surface area contributed by atoms with Crippen LogP contribution in [0.25, 0.3) is 10.9 Å². The predicted molar refractivity (Wildman–Crippen MR) is 99.8 cm³/mol. The van der Waals surface area contributed by atoms with Crippen molar-refractivity contribution in [2.75, 3.05) is 0 Å². The minimum atomic E-state index is -0.263. The number of thioether (sulfide) groups is 1. The van der Waals surface area contributed by atoms with Gasteiger partial charge in [0, 0.05) is 5.75 Å². The van der Waals surface area contributed by atoms with Crippen LogP contribution >= 0.6 is 11.8 Å². The fourth-order valence-corrected chi connectivity index (χ4v) is 3.70. The standard InChI is InChI=1S/C20H15FN2O2S/c21-17-9-3-1-6-14(17)13-26-20-22-18-10-4-2-8-16(18)19(24)23(20)12-15-7-5-11-25-15/h1-11H,12-13H2. The van der Waals surface area contributed by atoms with Crippen molar-refractivity contribution < 1.29 is 8.81 Å². The maximum absolute atomic E-state index is 13.9. The van der Waals surface area contributed by atoms with Gasteiger partial charge in [0.15, 0.2) is 5.16 Å². The Morgan fingerprint density at radius 3 is 2.65 bits per heavy atom. The molecule has 0 spiro atoms. The van der Waals surface area contributed by atoms with E-state index in [1.807, 2.05) is 18.2 Å². The van der Waals surface area contributed by atoms with Crippen molar-refractivity contribution >= 4 is 22.7 Å². The van der Waals surface area contributed by atoms with E-state index in [1.54, 1.807) is 47.2 Å². The van der Waals surface area contributed by atoms with Crippen molar-refractivity contribution in [2.45, 2.75) is 17.5 Å². The highest BCUT2D eigenvalue weighted by molar-refractivity contribution is 7.98. The molecule has 0 amide bonds. The number of fused-ring (bicyclic) bond motifs is 1. The van der Waals surface area contributed by atoms with E-state index in [0.29, 0.717) is 33.1 Å². The Kier molecular flexibility index (Phi) is 4.58. The van der Waals surface area contributed by atoms with Gasteiger partial charge in [0.05, 0.1) is 23.7 Å². The molecule has 6 heteroatoms. The summed E-state index contributed by atoms with van der Waals surface area (Å²) < 4.78 is 20.9. The third kappa shape index (κ3) is 3.28. The van der Waals surface area contributed by atoms with Crippen molar-refractivity contribution in [1.82, 2.24) is 9.55 Å². The topological polar surface area (TPSA) is 48.0 Å². The van der Waals surface area contributed by atoms with E-state index in [4.69, 9.17) is 4.42 Å². The molecule has 4 rings (SSSR count). The van der Waals surface area contributed by atoms with Gasteiger partial charge in [-0.1, -0.05) is 42.1 Å². The lowest BCUT2D eigenvalue weighted by molar-refractivity contribution is 0.476. The van der Waals surface area contributed by atoms with E-state index in [9.17, 15) is 9.18 Å². The zero-order chi connectivity index (χ0) is 17.9. The number of hydrogen-bond acceptors (Lipinski definition) is 4. The van der Waals surface area contributed by atoms with E-state index in [-0.39, 0.29) is 17.9 Å². The number of rotatable bonds is 5. The van der Waals surface area contributed by atoms with Crippen LogP contribution in [0.3, 0.4) is 0 Å². The van der Waals surface area contributed by atoms with Gasteiger partial charge in [-0.2, -0.15) is 0 Å². The molecule has 2 aromatic heterocycles. The molecule has 4 aromatic rings. The Balaban J connectivity index is 1.76. The SMILES string of the molecule is O=c1c2ccccc2nc(SCc2ccccc2F)n1Cc1ccco1. The van der Waals surface area contributed by atoms with Gasteiger partial charge < -0.3 is 4.42 Å². The molecule has 2 aromatic carbocycles. The Morgan fingerprint density at radius 1 is 1.04 bits per heavy atom. The summed E-state index contributed by atoms with van der Waals surface area (Å²) in [6, 6.07) is 17.4. The third-order valence-corrected chi connectivity index (χ3v) is 5.06. The van der Waals surface area contributed by atoms with Crippen LogP contribution in [0.15, 0.2) is 81.3 Å². The molecule has 0 saturated heterocycles. The average molecular weight is 366 g/mol. The summed E-state index contributed by atoms with van der Waals surface area (Å²) in [5.41, 5.74) is 1.07. The molecule has 26 heavy (non-hydrogen) atoms. The molecule has 0 N–H and O–H groups in total. The summed E-state index contributed by atoms with van der Waals surface area (Å²) in [6.07, 6.45) is 1.57. The van der Waals surface area contributed by atoms with Crippen molar-refractivity contribution in [3.05, 3.63) is 94.4 Å². The van der Waals surface area contributed by atoms with Crippen LogP contribution in [0.2, 0.25) is 0 Å². The van der Waals surface area contributed by atoms with Gasteiger partial charge in [-0.05, 0) is 35.9 Å². The van der Waals surface area contributed by atoms with Gasteiger partial charge in [0.25, 0.3) is 5.56 Å². The molecule has 0 fully saturated rings. The molecule has 0 unspecified atom stereocenters. The van der Waals surface area contributed by atoms with Gasteiger partial charge in [0.1, 0.15) is 11.6 Å². The van der Waals surface area contributed by atoms with E-state index < -0.39 is 0 Å². The number of benzene rings is 2. The quantitative estimate of drug-likeness (QED) is 0.386. The van der Waals surface area contributed by atoms with Gasteiger partial charge in [0.2, 0.25) is 0 Å². The summed E-state index contributed by atoms with van der Waals surface area (Å²) in [4.78, 5) is 17.6. The Labute approximate surface area is 153 Å². The van der Waals surface area contributed by atoms with Gasteiger partial charge in [-0.3, -0.25) is 9.36 Å². The average Bonchev–Trinajstić information content (AvgIpc) is 3.17. The Morgan fingerprint density at radius 2 is 1.85 bits per heavy atom. The van der Waals surface area contributed by atoms with Crippen LogP contribution < -0.4 is 5.56 Å². The number of hydrogen-bond donors (Lipinski definition) is 0. The zero-order valence-corrected chi connectivity index (χ0v) is 14.6. The van der Waals surface area contributed by atoms with E-state index in [0.717, 1.165) is 0 Å². The maximum Gasteiger partial charge on any atom is 0.262 e. The molecule has 0 bridgehead atoms. The highest BCUT2D eigenvalue weighted by Crippen LogP contribution is 2.24. The normalized spacial score (nSPS) is 11.1. The van der Waals surface area contributed by atoms with Gasteiger partial charge in [-0.25, -0.2) is 9.37 Å². The second-order valence-electron chi connectivity index (χ2n) is 5.76. The molecule has 0 aliphatic carbocycles. The van der Waals surface area contributed by atoms with Crippen molar-refractivity contribution in [1.29, 1.82) is 0 Å². The second-order valence-corrected chi connectivity index (χ2v) is 6.70. The van der Waals surface area contributed by atoms with Gasteiger partial charge >= 0.3 is 0 Å². The number of aromatic nitrogens is 2. The number of nitrogens with zero attached hydrogens (tertiary/aromatic N) is 2. The molecule has 0 radical (unpaired) electrons. The van der Waals surface area contributed by atoms with E-state index >= 15 is 0 Å². The van der Waals surface area contributed by atoms with Crippen LogP contribution in [0.4, 0.5) is 4.39 Å². The number of para-hydroxylation sites is 1. The number of furan rings is 1. The van der Waals surface area contributed by atoms with Crippen LogP contribution in [0.1, 0.15) is 11.3 Å². The number of halogens is 1. The summed E-state index contributed by atoms with van der Waals surface area (Å²) in [5, 5.41) is 1.09. The largest absolute Gasteiger partial charge is 0.467 e. The van der Waals surface area contributed by atoms with E-state index in [1.165, 1.54) is 17.8 Å². The van der Waals surface area contributed by atoms with Crippen molar-refractivity contribution in [2.24, 2.45) is 0 Å². The monoisotopic (exact) mass is 366 g/mol. The van der Waals surface area contributed by atoms with Crippen LogP contribution in [0.5, 0.6) is 0 Å². The van der Waals surface area contributed by atoms with Crippen molar-refractivity contribution in [3.8, 4) is 0 Å². The van der Waals surface area contributed by atoms with Crippen LogP contribution in [-0.4, -0.2) is 9.55 Å². The first-order valence-electron chi connectivity index (χ1n) is 8.10. The van der Waals surface area contributed by atoms with Crippen LogP contribution in [0, 0.1) is 5.82 Å². The van der Waals surface area contributed by atoms with E-state index in [2.05, 4.69) is 4.98 Å². The molecule has 130 valence electrons. The first kappa shape index (κ1) is 16.6.